The zero-order chi connectivity index (χ0) is 30.2. The van der Waals surface area contributed by atoms with E-state index in [1.807, 2.05) is 40.1 Å². The van der Waals surface area contributed by atoms with E-state index >= 15 is 0 Å². The Hall–Kier alpha value is -4.21. The normalized spacial score (nSPS) is 15.5. The number of amides is 2. The Balaban J connectivity index is 1.17. The minimum Gasteiger partial charge on any atom is -0.359 e. The lowest BCUT2D eigenvalue weighted by atomic mass is 9.99. The summed E-state index contributed by atoms with van der Waals surface area (Å²) in [7, 11) is 0. The molecule has 4 heterocycles. The maximum atomic E-state index is 13.5. The van der Waals surface area contributed by atoms with Gasteiger partial charge in [-0.25, -0.2) is 15.0 Å². The number of benzene rings is 3. The molecule has 0 spiro atoms. The summed E-state index contributed by atoms with van der Waals surface area (Å²) in [6.07, 6.45) is 5.09. The highest BCUT2D eigenvalue weighted by Gasteiger charge is 2.26. The second-order valence-electron chi connectivity index (χ2n) is 11.4. The molecule has 11 heteroatoms. The van der Waals surface area contributed by atoms with Crippen molar-refractivity contribution in [1.29, 1.82) is 0 Å². The van der Waals surface area contributed by atoms with Crippen molar-refractivity contribution in [3.63, 3.8) is 0 Å². The summed E-state index contributed by atoms with van der Waals surface area (Å²) < 4.78 is 0. The van der Waals surface area contributed by atoms with Gasteiger partial charge in [-0.2, -0.15) is 0 Å². The highest BCUT2D eigenvalue weighted by atomic mass is 35.5. The fourth-order valence-electron chi connectivity index (χ4n) is 6.19. The Bertz CT molecular complexity index is 1890. The summed E-state index contributed by atoms with van der Waals surface area (Å²) in [5.41, 5.74) is 5.12. The molecule has 2 amide bonds. The van der Waals surface area contributed by atoms with Crippen LogP contribution in [0.15, 0.2) is 60.9 Å². The number of fused-ring (bicyclic) bond motifs is 3. The van der Waals surface area contributed by atoms with Gasteiger partial charge in [-0.15, -0.1) is 0 Å². The van der Waals surface area contributed by atoms with Crippen molar-refractivity contribution >= 4 is 62.8 Å². The van der Waals surface area contributed by atoms with Crippen LogP contribution in [0.5, 0.6) is 0 Å². The summed E-state index contributed by atoms with van der Waals surface area (Å²) >= 11 is 12.9. The van der Waals surface area contributed by atoms with Crippen LogP contribution in [0.4, 0.5) is 5.82 Å². The quantitative estimate of drug-likeness (QED) is 0.211. The lowest BCUT2D eigenvalue weighted by molar-refractivity contribution is -0.132. The highest BCUT2D eigenvalue weighted by Crippen LogP contribution is 2.32. The number of aromatic amines is 1. The number of hydrogen-bond donors (Lipinski definition) is 2. The molecule has 0 saturated carbocycles. The van der Waals surface area contributed by atoms with Crippen molar-refractivity contribution in [2.45, 2.75) is 44.7 Å². The largest absolute Gasteiger partial charge is 0.359 e. The van der Waals surface area contributed by atoms with E-state index in [1.165, 1.54) is 17.5 Å². The summed E-state index contributed by atoms with van der Waals surface area (Å²) in [6.45, 7) is 2.78. The van der Waals surface area contributed by atoms with E-state index in [9.17, 15) is 9.59 Å². The van der Waals surface area contributed by atoms with Gasteiger partial charge in [0.05, 0.1) is 33.2 Å². The van der Waals surface area contributed by atoms with Crippen molar-refractivity contribution in [3.05, 3.63) is 93.5 Å². The minimum absolute atomic E-state index is 0.0832. The summed E-state index contributed by atoms with van der Waals surface area (Å²) in [4.78, 5) is 47.6. The van der Waals surface area contributed by atoms with E-state index < -0.39 is 0 Å². The molecule has 2 N–H and O–H groups in total. The van der Waals surface area contributed by atoms with Crippen molar-refractivity contribution in [3.8, 4) is 0 Å². The molecule has 2 aromatic heterocycles. The van der Waals surface area contributed by atoms with Crippen LogP contribution in [0.1, 0.15) is 59.0 Å². The molecule has 44 heavy (non-hydrogen) atoms. The zero-order valence-corrected chi connectivity index (χ0v) is 25.5. The van der Waals surface area contributed by atoms with Crippen molar-refractivity contribution in [2.75, 3.05) is 25.0 Å². The van der Waals surface area contributed by atoms with E-state index in [1.54, 1.807) is 12.1 Å². The molecule has 1 atom stereocenters. The Kier molecular flexibility index (Phi) is 7.82. The Labute approximate surface area is 264 Å². The van der Waals surface area contributed by atoms with Crippen LogP contribution in [-0.4, -0.2) is 61.2 Å². The standard InChI is InChI=1S/C33H31Cl2N7O2/c34-22-7-8-26-29(15-22)40-32(38-26)27(9-10-30(43)42-14-11-20-5-1-2-6-21(20)18-42)39-31-24-16-25(35)23(17-28(24)36-19-37-31)33(44)41-12-3-4-13-41/h1-2,5-8,15-17,19,27H,3-4,9-14,18H2,(H,38,40)(H,36,37,39). The SMILES string of the molecule is O=C(CCC(Nc1ncnc2cc(C(=O)N3CCCC3)c(Cl)cc12)c1nc2cc(Cl)ccc2[nH]1)N1CCc2ccccc2C1. The van der Waals surface area contributed by atoms with Gasteiger partial charge < -0.3 is 20.1 Å². The molecule has 0 bridgehead atoms. The lowest BCUT2D eigenvalue weighted by Crippen LogP contribution is -2.36. The average Bonchev–Trinajstić information content (AvgIpc) is 3.73. The molecule has 5 aromatic rings. The van der Waals surface area contributed by atoms with Crippen molar-refractivity contribution < 1.29 is 9.59 Å². The number of anilines is 1. The number of carbonyl (C=O) groups excluding carboxylic acids is 2. The fourth-order valence-corrected chi connectivity index (χ4v) is 6.60. The molecule has 224 valence electrons. The zero-order valence-electron chi connectivity index (χ0n) is 24.0. The first-order valence-electron chi connectivity index (χ1n) is 14.9. The Morgan fingerprint density at radius 3 is 2.59 bits per heavy atom. The predicted octanol–water partition coefficient (Wildman–Crippen LogP) is 6.57. The average molecular weight is 629 g/mol. The van der Waals surface area contributed by atoms with E-state index in [4.69, 9.17) is 28.2 Å². The molecule has 7 rings (SSSR count). The molecule has 2 aliphatic rings. The second kappa shape index (κ2) is 12.1. The van der Waals surface area contributed by atoms with Gasteiger partial charge in [-0.3, -0.25) is 9.59 Å². The molecule has 0 radical (unpaired) electrons. The molecule has 1 fully saturated rings. The van der Waals surface area contributed by atoms with Gasteiger partial charge in [0.2, 0.25) is 5.91 Å². The van der Waals surface area contributed by atoms with Crippen molar-refractivity contribution in [2.24, 2.45) is 0 Å². The van der Waals surface area contributed by atoms with Crippen LogP contribution in [0, 0.1) is 0 Å². The van der Waals surface area contributed by atoms with Gasteiger partial charge in [0.15, 0.2) is 0 Å². The van der Waals surface area contributed by atoms with Gasteiger partial charge in [0.1, 0.15) is 18.0 Å². The maximum absolute atomic E-state index is 13.5. The molecule has 0 aliphatic carbocycles. The van der Waals surface area contributed by atoms with Crippen LogP contribution < -0.4 is 5.32 Å². The number of nitrogens with zero attached hydrogens (tertiary/aromatic N) is 5. The number of rotatable bonds is 7. The number of carbonyl (C=O) groups is 2. The monoisotopic (exact) mass is 627 g/mol. The Morgan fingerprint density at radius 1 is 0.932 bits per heavy atom. The smallest absolute Gasteiger partial charge is 0.255 e. The van der Waals surface area contributed by atoms with Crippen molar-refractivity contribution in [1.82, 2.24) is 29.7 Å². The molecule has 2 aliphatic heterocycles. The molecule has 1 unspecified atom stereocenters. The fraction of sp³-hybridized carbons (Fsp3) is 0.303. The van der Waals surface area contributed by atoms with Gasteiger partial charge in [0.25, 0.3) is 5.91 Å². The summed E-state index contributed by atoms with van der Waals surface area (Å²) in [5.74, 6) is 1.21. The van der Waals surface area contributed by atoms with Crippen LogP contribution in [0.3, 0.4) is 0 Å². The summed E-state index contributed by atoms with van der Waals surface area (Å²) in [6, 6.07) is 16.9. The predicted molar refractivity (Wildman–Crippen MR) is 172 cm³/mol. The van der Waals surface area contributed by atoms with Gasteiger partial charge in [-0.05, 0) is 67.1 Å². The molecule has 3 aromatic carbocycles. The minimum atomic E-state index is -0.384. The first-order valence-corrected chi connectivity index (χ1v) is 15.7. The molecule has 9 nitrogen and oxygen atoms in total. The highest BCUT2D eigenvalue weighted by molar-refractivity contribution is 6.35. The second-order valence-corrected chi connectivity index (χ2v) is 12.3. The van der Waals surface area contributed by atoms with E-state index in [-0.39, 0.29) is 17.9 Å². The number of hydrogen-bond acceptors (Lipinski definition) is 6. The first kappa shape index (κ1) is 28.6. The van der Waals surface area contributed by atoms with Gasteiger partial charge in [0, 0.05) is 43.0 Å². The van der Waals surface area contributed by atoms with Gasteiger partial charge >= 0.3 is 0 Å². The first-order chi connectivity index (χ1) is 21.4. The number of nitrogens with one attached hydrogen (secondary N) is 2. The van der Waals surface area contributed by atoms with E-state index in [0.717, 1.165) is 43.4 Å². The third-order valence-corrected chi connectivity index (χ3v) is 9.13. The number of halogens is 2. The topological polar surface area (TPSA) is 107 Å². The molecule has 1 saturated heterocycles. The molecular formula is C33H31Cl2N7O2. The molecular weight excluding hydrogens is 597 g/mol. The maximum Gasteiger partial charge on any atom is 0.255 e. The van der Waals surface area contributed by atoms with Crippen LogP contribution in [-0.2, 0) is 17.8 Å². The third-order valence-electron chi connectivity index (χ3n) is 8.58. The number of likely N-dealkylation sites (tertiary alicyclic amines) is 1. The van der Waals surface area contributed by atoms with Crippen LogP contribution in [0.2, 0.25) is 10.0 Å². The lowest BCUT2D eigenvalue weighted by Gasteiger charge is -2.29. The number of H-pyrrole nitrogens is 1. The summed E-state index contributed by atoms with van der Waals surface area (Å²) in [5, 5.41) is 5.14. The van der Waals surface area contributed by atoms with E-state index in [0.29, 0.717) is 64.1 Å². The Morgan fingerprint density at radius 2 is 1.75 bits per heavy atom. The van der Waals surface area contributed by atoms with Crippen LogP contribution >= 0.6 is 23.2 Å². The third kappa shape index (κ3) is 5.69. The number of imidazole rings is 1. The van der Waals surface area contributed by atoms with Crippen LogP contribution in [0.25, 0.3) is 21.9 Å². The number of aromatic nitrogens is 4. The van der Waals surface area contributed by atoms with E-state index in [2.05, 4.69) is 32.4 Å². The van der Waals surface area contributed by atoms with Gasteiger partial charge in [-0.1, -0.05) is 47.5 Å².